The smallest absolute Gasteiger partial charge is 0.259 e. The van der Waals surface area contributed by atoms with Crippen molar-refractivity contribution in [1.82, 2.24) is 19.7 Å². The second kappa shape index (κ2) is 9.44. The number of ether oxygens (including phenoxy) is 1. The predicted molar refractivity (Wildman–Crippen MR) is 141 cm³/mol. The van der Waals surface area contributed by atoms with Crippen LogP contribution in [-0.2, 0) is 15.8 Å². The van der Waals surface area contributed by atoms with Gasteiger partial charge in [0, 0.05) is 18.3 Å². The van der Waals surface area contributed by atoms with Crippen LogP contribution < -0.4 is 10.5 Å². The lowest BCUT2D eigenvalue weighted by molar-refractivity contribution is 0.0530. The predicted octanol–water partition coefficient (Wildman–Crippen LogP) is 3.25. The maximum absolute atomic E-state index is 14.0. The molecule has 0 aliphatic carbocycles. The molecule has 1 atom stereocenters. The molecule has 3 aromatic rings. The highest BCUT2D eigenvalue weighted by atomic mass is 32.2. The molecule has 2 aliphatic rings. The average molecular weight is 525 g/mol. The number of nitrogens with zero attached hydrogens (tertiary/aromatic N) is 5. The maximum atomic E-state index is 14.0. The SMILES string of the molecule is Cc1cc(C(=O)N2CCCC[C@@H]2COc2cccc3c2C(N)=NS(=O)(=O)C3)c2c(C)nn(C(C)C)c2n1. The molecule has 2 aromatic heterocycles. The van der Waals surface area contributed by atoms with Crippen molar-refractivity contribution in [3.05, 3.63) is 52.3 Å². The number of aromatic nitrogens is 3. The topological polar surface area (TPSA) is 133 Å². The van der Waals surface area contributed by atoms with Crippen molar-refractivity contribution >= 4 is 32.8 Å². The highest BCUT2D eigenvalue weighted by molar-refractivity contribution is 7.89. The molecule has 1 aromatic carbocycles. The molecule has 2 aliphatic heterocycles. The van der Waals surface area contributed by atoms with E-state index in [2.05, 4.69) is 9.50 Å². The zero-order valence-electron chi connectivity index (χ0n) is 21.6. The number of piperidine rings is 1. The Kier molecular flexibility index (Phi) is 6.43. The molecule has 0 unspecified atom stereocenters. The van der Waals surface area contributed by atoms with Crippen LogP contribution in [-0.4, -0.2) is 59.0 Å². The monoisotopic (exact) mass is 524 g/mol. The zero-order chi connectivity index (χ0) is 26.5. The molecule has 11 heteroatoms. The van der Waals surface area contributed by atoms with Crippen molar-refractivity contribution in [2.45, 2.75) is 64.8 Å². The maximum Gasteiger partial charge on any atom is 0.259 e. The highest BCUT2D eigenvalue weighted by Crippen LogP contribution is 2.31. The summed E-state index contributed by atoms with van der Waals surface area (Å²) >= 11 is 0. The minimum absolute atomic E-state index is 0.0579. The molecule has 4 heterocycles. The summed E-state index contributed by atoms with van der Waals surface area (Å²) < 4.78 is 35.7. The standard InChI is InChI=1S/C26H32N6O4S/c1-15(2)32-25-22(17(4)29-32)20(12-16(3)28-25)26(33)31-11-6-5-9-19(31)13-36-21-10-7-8-18-14-37(34,35)30-24(27)23(18)21/h7-8,10,12,15,19H,5-6,9,11,13-14H2,1-4H3,(H2,27,30)/t19-/m1/s1. The molecule has 0 saturated carbocycles. The van der Waals surface area contributed by atoms with Gasteiger partial charge in [-0.3, -0.25) is 4.79 Å². The summed E-state index contributed by atoms with van der Waals surface area (Å²) in [5, 5.41) is 5.45. The van der Waals surface area contributed by atoms with Crippen molar-refractivity contribution in [3.8, 4) is 5.75 Å². The van der Waals surface area contributed by atoms with Gasteiger partial charge in [-0.25, -0.2) is 18.1 Å². The van der Waals surface area contributed by atoms with Crippen molar-refractivity contribution in [1.29, 1.82) is 0 Å². The fourth-order valence-electron chi connectivity index (χ4n) is 5.28. The molecule has 1 fully saturated rings. The van der Waals surface area contributed by atoms with E-state index >= 15 is 0 Å². The summed E-state index contributed by atoms with van der Waals surface area (Å²) in [6, 6.07) is 7.04. The summed E-state index contributed by atoms with van der Waals surface area (Å²) in [6.45, 7) is 8.79. The number of likely N-dealkylation sites (tertiary alicyclic amines) is 1. The number of rotatable bonds is 5. The van der Waals surface area contributed by atoms with Gasteiger partial charge in [0.25, 0.3) is 15.9 Å². The second-order valence-corrected chi connectivity index (χ2v) is 11.7. The van der Waals surface area contributed by atoms with Gasteiger partial charge in [-0.15, -0.1) is 4.40 Å². The third-order valence-corrected chi connectivity index (χ3v) is 8.10. The lowest BCUT2D eigenvalue weighted by Gasteiger charge is -2.36. The van der Waals surface area contributed by atoms with Crippen molar-refractivity contribution in [2.24, 2.45) is 10.1 Å². The van der Waals surface area contributed by atoms with E-state index in [4.69, 9.17) is 15.5 Å². The van der Waals surface area contributed by atoms with Crippen LogP contribution in [0.1, 0.15) is 72.0 Å². The fourth-order valence-corrected chi connectivity index (χ4v) is 6.37. The van der Waals surface area contributed by atoms with Gasteiger partial charge in [0.2, 0.25) is 0 Å². The molecule has 37 heavy (non-hydrogen) atoms. The van der Waals surface area contributed by atoms with Crippen LogP contribution in [0.3, 0.4) is 0 Å². The first-order valence-electron chi connectivity index (χ1n) is 12.6. The summed E-state index contributed by atoms with van der Waals surface area (Å²) in [4.78, 5) is 20.6. The molecule has 10 nitrogen and oxygen atoms in total. The minimum Gasteiger partial charge on any atom is -0.491 e. The number of sulfonamides is 1. The van der Waals surface area contributed by atoms with Gasteiger partial charge in [0.05, 0.1) is 34.0 Å². The van der Waals surface area contributed by atoms with Crippen LogP contribution in [0.2, 0.25) is 0 Å². The van der Waals surface area contributed by atoms with E-state index < -0.39 is 10.0 Å². The first-order chi connectivity index (χ1) is 17.6. The Hall–Kier alpha value is -3.47. The van der Waals surface area contributed by atoms with Gasteiger partial charge in [0.15, 0.2) is 5.65 Å². The number of aryl methyl sites for hydroxylation is 2. The molecule has 0 bridgehead atoms. The Morgan fingerprint density at radius 2 is 2.03 bits per heavy atom. The van der Waals surface area contributed by atoms with E-state index in [1.165, 1.54) is 0 Å². The molecule has 5 rings (SSSR count). The normalized spacial score (nSPS) is 19.1. The lowest BCUT2D eigenvalue weighted by atomic mass is 10.00. The number of pyridine rings is 1. The number of amides is 1. The first kappa shape index (κ1) is 25.2. The van der Waals surface area contributed by atoms with E-state index in [1.54, 1.807) is 18.2 Å². The van der Waals surface area contributed by atoms with E-state index in [-0.39, 0.29) is 36.2 Å². The number of carbonyl (C=O) groups excluding carboxylic acids is 1. The van der Waals surface area contributed by atoms with Crippen molar-refractivity contribution in [3.63, 3.8) is 0 Å². The van der Waals surface area contributed by atoms with Crippen molar-refractivity contribution < 1.29 is 17.9 Å². The summed E-state index contributed by atoms with van der Waals surface area (Å²) in [7, 11) is -3.63. The largest absolute Gasteiger partial charge is 0.491 e. The van der Waals surface area contributed by atoms with Gasteiger partial charge in [0.1, 0.15) is 18.2 Å². The van der Waals surface area contributed by atoms with Gasteiger partial charge in [-0.1, -0.05) is 12.1 Å². The van der Waals surface area contributed by atoms with Gasteiger partial charge in [-0.2, -0.15) is 5.10 Å². The Bertz CT molecular complexity index is 1530. The van der Waals surface area contributed by atoms with Crippen LogP contribution in [0.15, 0.2) is 28.7 Å². The second-order valence-electron chi connectivity index (χ2n) is 10.1. The van der Waals surface area contributed by atoms with Crippen LogP contribution >= 0.6 is 0 Å². The Morgan fingerprint density at radius 1 is 1.24 bits per heavy atom. The third-order valence-electron chi connectivity index (χ3n) is 6.95. The first-order valence-corrected chi connectivity index (χ1v) is 14.2. The molecular formula is C26H32N6O4S. The number of hydrogen-bond donors (Lipinski definition) is 1. The summed E-state index contributed by atoms with van der Waals surface area (Å²) in [5.74, 6) is 0.135. The van der Waals surface area contributed by atoms with Crippen LogP contribution in [0.5, 0.6) is 5.75 Å². The molecule has 0 spiro atoms. The highest BCUT2D eigenvalue weighted by Gasteiger charge is 2.32. The number of nitrogens with two attached hydrogens (primary N) is 1. The average Bonchev–Trinajstić information content (AvgIpc) is 3.17. The number of hydrogen-bond acceptors (Lipinski definition) is 7. The number of carbonyl (C=O) groups is 1. The Balaban J connectivity index is 1.44. The number of amidine groups is 1. The number of fused-ring (bicyclic) bond motifs is 2. The molecule has 2 N–H and O–H groups in total. The van der Waals surface area contributed by atoms with E-state index in [1.807, 2.05) is 43.3 Å². The van der Waals surface area contributed by atoms with Gasteiger partial charge >= 0.3 is 0 Å². The van der Waals surface area contributed by atoms with E-state index in [0.717, 1.165) is 41.7 Å². The Morgan fingerprint density at radius 3 is 2.78 bits per heavy atom. The van der Waals surface area contributed by atoms with E-state index in [0.29, 0.717) is 29.0 Å². The Labute approximate surface area is 216 Å². The third kappa shape index (κ3) is 4.68. The minimum atomic E-state index is -3.63. The summed E-state index contributed by atoms with van der Waals surface area (Å²) in [6.07, 6.45) is 2.70. The lowest BCUT2D eigenvalue weighted by Crippen LogP contribution is -2.47. The van der Waals surface area contributed by atoms with Crippen LogP contribution in [0, 0.1) is 13.8 Å². The quantitative estimate of drug-likeness (QED) is 0.542. The molecule has 1 saturated heterocycles. The van der Waals surface area contributed by atoms with E-state index in [9.17, 15) is 13.2 Å². The van der Waals surface area contributed by atoms with Gasteiger partial charge < -0.3 is 15.4 Å². The van der Waals surface area contributed by atoms with Gasteiger partial charge in [-0.05, 0) is 64.7 Å². The molecular weight excluding hydrogens is 492 g/mol. The molecule has 196 valence electrons. The molecule has 0 radical (unpaired) electrons. The number of benzene rings is 1. The summed E-state index contributed by atoms with van der Waals surface area (Å²) in [5.41, 5.74) is 9.95. The van der Waals surface area contributed by atoms with Crippen molar-refractivity contribution in [2.75, 3.05) is 13.2 Å². The molecule has 1 amide bonds. The van der Waals surface area contributed by atoms with Crippen LogP contribution in [0.4, 0.5) is 0 Å². The van der Waals surface area contributed by atoms with Crippen LogP contribution in [0.25, 0.3) is 11.0 Å². The zero-order valence-corrected chi connectivity index (χ0v) is 22.4. The fraction of sp³-hybridized carbons (Fsp3) is 0.462.